The highest BCUT2D eigenvalue weighted by Crippen LogP contribution is 2.23. The second-order valence-electron chi connectivity index (χ2n) is 5.70. The van der Waals surface area contributed by atoms with Gasteiger partial charge in [-0.15, -0.1) is 0 Å². The molecule has 0 N–H and O–H groups in total. The predicted octanol–water partition coefficient (Wildman–Crippen LogP) is 4.72. The minimum Gasteiger partial charge on any atom is -0.303 e. The van der Waals surface area contributed by atoms with E-state index in [-0.39, 0.29) is 11.7 Å². The monoisotopic (exact) mass is 338 g/mol. The van der Waals surface area contributed by atoms with Gasteiger partial charge in [0.1, 0.15) is 12.6 Å². The molecule has 0 spiro atoms. The van der Waals surface area contributed by atoms with Gasteiger partial charge in [0, 0.05) is 17.0 Å². The Balaban J connectivity index is 0.000000229. The van der Waals surface area contributed by atoms with Gasteiger partial charge in [0.25, 0.3) is 0 Å². The molecule has 2 aromatic carbocycles. The third-order valence-corrected chi connectivity index (χ3v) is 4.03. The Morgan fingerprint density at radius 3 is 2.08 bits per heavy atom. The Labute approximate surface area is 150 Å². The van der Waals surface area contributed by atoms with E-state index in [2.05, 4.69) is 18.2 Å². The number of Topliss-reactive ketones (excluding diaryl/α,β-unsaturated/α-hetero) is 1. The van der Waals surface area contributed by atoms with E-state index in [1.165, 1.54) is 18.1 Å². The molecule has 3 rings (SSSR count). The molecule has 2 aromatic rings. The lowest BCUT2D eigenvalue weighted by Crippen LogP contribution is -2.14. The molecule has 0 radical (unpaired) electrons. The molecule has 0 aliphatic heterocycles. The first-order valence-corrected chi connectivity index (χ1v) is 8.72. The van der Waals surface area contributed by atoms with Crippen LogP contribution in [0.1, 0.15) is 59.0 Å². The summed E-state index contributed by atoms with van der Waals surface area (Å²) in [5.41, 5.74) is 4.02. The van der Waals surface area contributed by atoms with E-state index in [9.17, 15) is 14.4 Å². The fraction of sp³-hybridized carbons (Fsp3) is 0.318. The molecule has 3 heteroatoms. The quantitative estimate of drug-likeness (QED) is 0.601. The summed E-state index contributed by atoms with van der Waals surface area (Å²) >= 11 is 0. The van der Waals surface area contributed by atoms with E-state index in [1.807, 2.05) is 19.9 Å². The van der Waals surface area contributed by atoms with Crippen LogP contribution in [-0.2, 0) is 17.6 Å². The van der Waals surface area contributed by atoms with E-state index in [0.29, 0.717) is 11.1 Å². The van der Waals surface area contributed by atoms with Gasteiger partial charge in [-0.05, 0) is 37.3 Å². The van der Waals surface area contributed by atoms with Crippen LogP contribution in [0.5, 0.6) is 0 Å². The Morgan fingerprint density at radius 2 is 1.56 bits per heavy atom. The van der Waals surface area contributed by atoms with Crippen LogP contribution in [0, 0.1) is 5.92 Å². The zero-order chi connectivity index (χ0) is 18.7. The average molecular weight is 338 g/mol. The number of carbonyl (C=O) groups is 3. The lowest BCUT2D eigenvalue weighted by molar-refractivity contribution is -0.111. The van der Waals surface area contributed by atoms with Gasteiger partial charge >= 0.3 is 0 Å². The first-order chi connectivity index (χ1) is 12.1. The van der Waals surface area contributed by atoms with Crippen LogP contribution in [0.15, 0.2) is 48.5 Å². The molecule has 0 fully saturated rings. The van der Waals surface area contributed by atoms with Gasteiger partial charge in [-0.1, -0.05) is 62.4 Å². The highest BCUT2D eigenvalue weighted by atomic mass is 16.1. The Morgan fingerprint density at radius 1 is 0.960 bits per heavy atom. The van der Waals surface area contributed by atoms with Gasteiger partial charge in [-0.25, -0.2) is 0 Å². The van der Waals surface area contributed by atoms with Crippen LogP contribution in [0.4, 0.5) is 0 Å². The Bertz CT molecular complexity index is 687. The second-order valence-corrected chi connectivity index (χ2v) is 5.70. The first-order valence-electron chi connectivity index (χ1n) is 8.72. The molecule has 1 unspecified atom stereocenters. The summed E-state index contributed by atoms with van der Waals surface area (Å²) in [5, 5.41) is 0. The van der Waals surface area contributed by atoms with Crippen LogP contribution >= 0.6 is 0 Å². The van der Waals surface area contributed by atoms with Crippen molar-refractivity contribution in [3.05, 3.63) is 70.8 Å². The molecule has 25 heavy (non-hydrogen) atoms. The summed E-state index contributed by atoms with van der Waals surface area (Å²) in [6.45, 7) is 5.50. The van der Waals surface area contributed by atoms with Gasteiger partial charge in [0.2, 0.25) is 0 Å². The standard InChI is InChI=1S/C11H12O.C9H8O2.C2H6/c12-8-9-5-6-10-3-1-2-4-11(10)7-9;1-7(11)9-4-2-8(6-10)3-5-9;1-2/h1-4,8-9H,5-7H2;2-6H,1H3;1-2H3. The number of hydrogen-bond donors (Lipinski definition) is 0. The molecule has 0 saturated carbocycles. The molecule has 3 nitrogen and oxygen atoms in total. The minimum absolute atomic E-state index is 0.0162. The maximum Gasteiger partial charge on any atom is 0.159 e. The molecule has 0 amide bonds. The number of aryl methyl sites for hydroxylation is 1. The lowest BCUT2D eigenvalue weighted by Gasteiger charge is -2.19. The molecule has 132 valence electrons. The van der Waals surface area contributed by atoms with Crippen molar-refractivity contribution in [3.63, 3.8) is 0 Å². The van der Waals surface area contributed by atoms with Gasteiger partial charge in [0.15, 0.2) is 5.78 Å². The molecule has 0 saturated heterocycles. The Kier molecular flexibility index (Phi) is 9.09. The average Bonchev–Trinajstić information content (AvgIpc) is 2.69. The fourth-order valence-electron chi connectivity index (χ4n) is 2.64. The van der Waals surface area contributed by atoms with Gasteiger partial charge < -0.3 is 4.79 Å². The smallest absolute Gasteiger partial charge is 0.159 e. The number of aldehydes is 2. The van der Waals surface area contributed by atoms with Crippen molar-refractivity contribution in [2.75, 3.05) is 0 Å². The predicted molar refractivity (Wildman–Crippen MR) is 101 cm³/mol. The van der Waals surface area contributed by atoms with Crippen molar-refractivity contribution >= 4 is 18.4 Å². The van der Waals surface area contributed by atoms with E-state index in [1.54, 1.807) is 24.3 Å². The largest absolute Gasteiger partial charge is 0.303 e. The number of hydrogen-bond acceptors (Lipinski definition) is 3. The maximum absolute atomic E-state index is 10.8. The second kappa shape index (κ2) is 11.1. The van der Waals surface area contributed by atoms with Crippen molar-refractivity contribution in [1.29, 1.82) is 0 Å². The summed E-state index contributed by atoms with van der Waals surface area (Å²) in [7, 11) is 0. The molecule has 0 aromatic heterocycles. The van der Waals surface area contributed by atoms with Crippen LogP contribution < -0.4 is 0 Å². The van der Waals surface area contributed by atoms with Crippen molar-refractivity contribution < 1.29 is 14.4 Å². The number of carbonyl (C=O) groups excluding carboxylic acids is 3. The van der Waals surface area contributed by atoms with Crippen molar-refractivity contribution in [2.45, 2.75) is 40.0 Å². The summed E-state index contributed by atoms with van der Waals surface area (Å²) in [5.74, 6) is 0.280. The number of fused-ring (bicyclic) bond motifs is 1. The highest BCUT2D eigenvalue weighted by molar-refractivity contribution is 5.94. The Hall–Kier alpha value is -2.55. The zero-order valence-corrected chi connectivity index (χ0v) is 15.2. The van der Waals surface area contributed by atoms with Crippen molar-refractivity contribution in [1.82, 2.24) is 0 Å². The van der Waals surface area contributed by atoms with Crippen LogP contribution in [0.2, 0.25) is 0 Å². The number of benzene rings is 2. The molecule has 1 aliphatic carbocycles. The summed E-state index contributed by atoms with van der Waals surface area (Å²) in [6.07, 6.45) is 4.89. The van der Waals surface area contributed by atoms with Gasteiger partial charge in [-0.3, -0.25) is 9.59 Å². The van der Waals surface area contributed by atoms with Crippen LogP contribution in [-0.4, -0.2) is 18.4 Å². The van der Waals surface area contributed by atoms with E-state index in [0.717, 1.165) is 31.8 Å². The zero-order valence-electron chi connectivity index (χ0n) is 15.2. The third-order valence-electron chi connectivity index (χ3n) is 4.03. The molecule has 1 atom stereocenters. The highest BCUT2D eigenvalue weighted by Gasteiger charge is 2.16. The van der Waals surface area contributed by atoms with Crippen molar-refractivity contribution in [2.24, 2.45) is 5.92 Å². The molecular weight excluding hydrogens is 312 g/mol. The van der Waals surface area contributed by atoms with E-state index < -0.39 is 0 Å². The van der Waals surface area contributed by atoms with Crippen molar-refractivity contribution in [3.8, 4) is 0 Å². The third kappa shape index (κ3) is 6.46. The first kappa shape index (κ1) is 20.5. The number of ketones is 1. The van der Waals surface area contributed by atoms with Crippen LogP contribution in [0.3, 0.4) is 0 Å². The van der Waals surface area contributed by atoms with E-state index in [4.69, 9.17) is 0 Å². The summed E-state index contributed by atoms with van der Waals surface area (Å²) in [4.78, 5) is 31.5. The normalized spacial score (nSPS) is 14.6. The summed E-state index contributed by atoms with van der Waals surface area (Å²) in [6, 6.07) is 15.0. The molecule has 1 aliphatic rings. The molecular formula is C22H26O3. The number of rotatable bonds is 3. The van der Waals surface area contributed by atoms with Gasteiger partial charge in [-0.2, -0.15) is 0 Å². The molecule has 0 heterocycles. The van der Waals surface area contributed by atoms with Crippen LogP contribution in [0.25, 0.3) is 0 Å². The lowest BCUT2D eigenvalue weighted by atomic mass is 9.85. The van der Waals surface area contributed by atoms with E-state index >= 15 is 0 Å². The molecule has 0 bridgehead atoms. The SMILES string of the molecule is CC.CC(=O)c1ccc(C=O)cc1.O=CC1CCc2ccccc2C1. The summed E-state index contributed by atoms with van der Waals surface area (Å²) < 4.78 is 0. The minimum atomic E-state index is 0.0162. The topological polar surface area (TPSA) is 51.2 Å². The maximum atomic E-state index is 10.8. The van der Waals surface area contributed by atoms with Gasteiger partial charge in [0.05, 0.1) is 0 Å². The fourth-order valence-corrected chi connectivity index (χ4v) is 2.64.